The number of ether oxygens (including phenoxy) is 1. The Morgan fingerprint density at radius 3 is 2.88 bits per heavy atom. The summed E-state index contributed by atoms with van der Waals surface area (Å²) in [6.45, 7) is 5.75. The monoisotopic (exact) mass is 344 g/mol. The molecular formula is C16H16N4O3S. The van der Waals surface area contributed by atoms with Gasteiger partial charge in [-0.1, -0.05) is 30.0 Å². The molecule has 0 aliphatic rings. The van der Waals surface area contributed by atoms with E-state index in [2.05, 4.69) is 16.8 Å². The Bertz CT molecular complexity index is 992. The van der Waals surface area contributed by atoms with E-state index in [0.29, 0.717) is 28.4 Å². The highest BCUT2D eigenvalue weighted by molar-refractivity contribution is 8.00. The average molecular weight is 344 g/mol. The highest BCUT2D eigenvalue weighted by Crippen LogP contribution is 2.25. The minimum atomic E-state index is -0.444. The van der Waals surface area contributed by atoms with Crippen LogP contribution in [0.1, 0.15) is 6.92 Å². The molecule has 0 radical (unpaired) electrons. The fourth-order valence-electron chi connectivity index (χ4n) is 2.48. The van der Waals surface area contributed by atoms with E-state index in [9.17, 15) is 9.59 Å². The number of nitrogens with zero attached hydrogens (tertiary/aromatic N) is 4. The average Bonchev–Trinajstić information content (AvgIpc) is 3.01. The van der Waals surface area contributed by atoms with E-state index < -0.39 is 5.25 Å². The van der Waals surface area contributed by atoms with E-state index in [4.69, 9.17) is 4.74 Å². The number of para-hydroxylation sites is 1. The molecule has 1 unspecified atom stereocenters. The number of methoxy groups -OCH3 is 1. The Hall–Kier alpha value is -2.61. The van der Waals surface area contributed by atoms with Crippen LogP contribution in [0.5, 0.6) is 0 Å². The number of allylic oxidation sites excluding steroid dienone is 1. The quantitative estimate of drug-likeness (QED) is 0.399. The number of esters is 1. The topological polar surface area (TPSA) is 78.5 Å². The normalized spacial score (nSPS) is 12.4. The first-order valence-corrected chi connectivity index (χ1v) is 8.18. The third kappa shape index (κ3) is 2.58. The van der Waals surface area contributed by atoms with Crippen molar-refractivity contribution in [1.82, 2.24) is 19.2 Å². The van der Waals surface area contributed by atoms with Crippen LogP contribution in [0.3, 0.4) is 0 Å². The molecule has 3 aromatic rings. The van der Waals surface area contributed by atoms with Gasteiger partial charge in [-0.3, -0.25) is 18.6 Å². The lowest BCUT2D eigenvalue weighted by atomic mass is 10.2. The van der Waals surface area contributed by atoms with Crippen LogP contribution >= 0.6 is 11.8 Å². The summed E-state index contributed by atoms with van der Waals surface area (Å²) in [5, 5.41) is 8.94. The van der Waals surface area contributed by atoms with Gasteiger partial charge < -0.3 is 4.74 Å². The third-order valence-electron chi connectivity index (χ3n) is 3.61. The molecule has 0 amide bonds. The number of thioether (sulfide) groups is 1. The Morgan fingerprint density at radius 2 is 2.17 bits per heavy atom. The number of benzene rings is 1. The van der Waals surface area contributed by atoms with Crippen molar-refractivity contribution in [3.63, 3.8) is 0 Å². The van der Waals surface area contributed by atoms with Gasteiger partial charge in [-0.15, -0.1) is 16.8 Å². The lowest BCUT2D eigenvalue weighted by Crippen LogP contribution is -2.23. The van der Waals surface area contributed by atoms with Crippen molar-refractivity contribution in [2.75, 3.05) is 7.11 Å². The molecule has 124 valence electrons. The molecular weight excluding hydrogens is 328 g/mol. The van der Waals surface area contributed by atoms with Gasteiger partial charge in [0.2, 0.25) is 5.78 Å². The molecule has 0 spiro atoms. The fraction of sp³-hybridized carbons (Fsp3) is 0.250. The van der Waals surface area contributed by atoms with E-state index >= 15 is 0 Å². The Balaban J connectivity index is 2.28. The van der Waals surface area contributed by atoms with Gasteiger partial charge in [-0.2, -0.15) is 0 Å². The summed E-state index contributed by atoms with van der Waals surface area (Å²) in [5.41, 5.74) is 0.547. The molecule has 0 saturated carbocycles. The smallest absolute Gasteiger partial charge is 0.318 e. The van der Waals surface area contributed by atoms with Gasteiger partial charge in [-0.25, -0.2) is 0 Å². The first kappa shape index (κ1) is 16.3. The van der Waals surface area contributed by atoms with Crippen molar-refractivity contribution in [2.24, 2.45) is 0 Å². The molecule has 0 bridgehead atoms. The second kappa shape index (κ2) is 6.48. The zero-order chi connectivity index (χ0) is 17.3. The van der Waals surface area contributed by atoms with Gasteiger partial charge in [-0.05, 0) is 19.1 Å². The van der Waals surface area contributed by atoms with E-state index in [0.717, 1.165) is 0 Å². The third-order valence-corrected chi connectivity index (χ3v) is 4.63. The molecule has 0 aliphatic carbocycles. The standard InChI is InChI=1S/C16H16N4O3S/c1-4-9-19-13(21)11-7-5-6-8-12(11)20-15(19)17-18-16(20)24-10(2)14(22)23-3/h4-8,10H,1,9H2,2-3H3. The number of aromatic nitrogens is 4. The van der Waals surface area contributed by atoms with Crippen molar-refractivity contribution in [3.05, 3.63) is 47.3 Å². The van der Waals surface area contributed by atoms with Crippen LogP contribution in [-0.4, -0.2) is 37.5 Å². The zero-order valence-electron chi connectivity index (χ0n) is 13.3. The van der Waals surface area contributed by atoms with Crippen LogP contribution in [0.2, 0.25) is 0 Å². The number of hydrogen-bond donors (Lipinski definition) is 0. The highest BCUT2D eigenvalue weighted by atomic mass is 32.2. The minimum absolute atomic E-state index is 0.150. The van der Waals surface area contributed by atoms with Crippen LogP contribution in [0.25, 0.3) is 16.7 Å². The lowest BCUT2D eigenvalue weighted by molar-refractivity contribution is -0.139. The second-order valence-electron chi connectivity index (χ2n) is 5.12. The van der Waals surface area contributed by atoms with Gasteiger partial charge in [0.25, 0.3) is 5.56 Å². The molecule has 0 fully saturated rings. The molecule has 1 atom stereocenters. The Labute approximate surface area is 141 Å². The number of carbonyl (C=O) groups is 1. The number of rotatable bonds is 5. The molecule has 0 aliphatic heterocycles. The largest absolute Gasteiger partial charge is 0.468 e. The maximum Gasteiger partial charge on any atom is 0.318 e. The molecule has 0 N–H and O–H groups in total. The molecule has 8 heteroatoms. The fourth-order valence-corrected chi connectivity index (χ4v) is 3.36. The predicted octanol–water partition coefficient (Wildman–Crippen LogP) is 1.88. The van der Waals surface area contributed by atoms with Crippen LogP contribution in [-0.2, 0) is 16.1 Å². The highest BCUT2D eigenvalue weighted by Gasteiger charge is 2.21. The predicted molar refractivity (Wildman–Crippen MR) is 92.3 cm³/mol. The lowest BCUT2D eigenvalue weighted by Gasteiger charge is -2.11. The zero-order valence-corrected chi connectivity index (χ0v) is 14.1. The SMILES string of the molecule is C=CCn1c(=O)c2ccccc2n2c(SC(C)C(=O)OC)nnc12. The summed E-state index contributed by atoms with van der Waals surface area (Å²) in [4.78, 5) is 24.4. The molecule has 7 nitrogen and oxygen atoms in total. The van der Waals surface area contributed by atoms with Crippen molar-refractivity contribution >= 4 is 34.4 Å². The molecule has 3 rings (SSSR count). The van der Waals surface area contributed by atoms with Crippen LogP contribution in [0.4, 0.5) is 0 Å². The summed E-state index contributed by atoms with van der Waals surface area (Å²) in [7, 11) is 1.35. The number of fused-ring (bicyclic) bond motifs is 3. The van der Waals surface area contributed by atoms with Gasteiger partial charge >= 0.3 is 5.97 Å². The van der Waals surface area contributed by atoms with Gasteiger partial charge in [0.15, 0.2) is 5.16 Å². The molecule has 0 saturated heterocycles. The van der Waals surface area contributed by atoms with Crippen LogP contribution in [0.15, 0.2) is 46.9 Å². The molecule has 24 heavy (non-hydrogen) atoms. The summed E-state index contributed by atoms with van der Waals surface area (Å²) < 4.78 is 8.05. The summed E-state index contributed by atoms with van der Waals surface area (Å²) in [6.07, 6.45) is 1.63. The second-order valence-corrected chi connectivity index (χ2v) is 6.43. The molecule has 2 heterocycles. The maximum atomic E-state index is 12.7. The summed E-state index contributed by atoms with van der Waals surface area (Å²) in [6, 6.07) is 7.24. The minimum Gasteiger partial charge on any atom is -0.468 e. The maximum absolute atomic E-state index is 12.7. The Morgan fingerprint density at radius 1 is 1.42 bits per heavy atom. The van der Waals surface area contributed by atoms with Crippen molar-refractivity contribution in [2.45, 2.75) is 23.9 Å². The van der Waals surface area contributed by atoms with Gasteiger partial charge in [0.05, 0.1) is 18.0 Å². The van der Waals surface area contributed by atoms with Crippen molar-refractivity contribution in [1.29, 1.82) is 0 Å². The van der Waals surface area contributed by atoms with E-state index in [1.807, 2.05) is 18.2 Å². The van der Waals surface area contributed by atoms with Crippen molar-refractivity contribution in [3.8, 4) is 0 Å². The molecule has 2 aromatic heterocycles. The van der Waals surface area contributed by atoms with Crippen LogP contribution in [0, 0.1) is 0 Å². The number of hydrogen-bond acceptors (Lipinski definition) is 6. The van der Waals surface area contributed by atoms with Crippen molar-refractivity contribution < 1.29 is 9.53 Å². The van der Waals surface area contributed by atoms with E-state index in [-0.39, 0.29) is 11.5 Å². The van der Waals surface area contributed by atoms with E-state index in [1.54, 1.807) is 23.5 Å². The molecule has 1 aromatic carbocycles. The first-order valence-electron chi connectivity index (χ1n) is 7.30. The van der Waals surface area contributed by atoms with Crippen LogP contribution < -0.4 is 5.56 Å². The van der Waals surface area contributed by atoms with E-state index in [1.165, 1.54) is 23.4 Å². The Kier molecular flexibility index (Phi) is 4.39. The summed E-state index contributed by atoms with van der Waals surface area (Å²) in [5.74, 6) is 0.0682. The number of carbonyl (C=O) groups excluding carboxylic acids is 1. The van der Waals surface area contributed by atoms with Gasteiger partial charge in [0.1, 0.15) is 5.25 Å². The van der Waals surface area contributed by atoms with Gasteiger partial charge in [0, 0.05) is 6.54 Å². The summed E-state index contributed by atoms with van der Waals surface area (Å²) >= 11 is 1.23. The first-order chi connectivity index (χ1) is 11.6.